The van der Waals surface area contributed by atoms with E-state index in [9.17, 15) is 4.79 Å². The number of nitrogens with zero attached hydrogens (tertiary/aromatic N) is 3. The summed E-state index contributed by atoms with van der Waals surface area (Å²) in [5.41, 5.74) is 5.40. The molecule has 1 N–H and O–H groups in total. The Labute approximate surface area is 202 Å². The molecule has 0 saturated carbocycles. The molecule has 0 bridgehead atoms. The Bertz CT molecular complexity index is 1520. The van der Waals surface area contributed by atoms with E-state index in [0.29, 0.717) is 16.4 Å². The van der Waals surface area contributed by atoms with E-state index in [0.717, 1.165) is 33.3 Å². The fourth-order valence-electron chi connectivity index (χ4n) is 3.84. The third kappa shape index (κ3) is 4.34. The number of hydrogen-bond acceptors (Lipinski definition) is 3. The number of anilines is 1. The van der Waals surface area contributed by atoms with E-state index in [2.05, 4.69) is 15.4 Å². The van der Waals surface area contributed by atoms with Crippen molar-refractivity contribution in [3.8, 4) is 11.3 Å². The molecule has 0 aliphatic carbocycles. The van der Waals surface area contributed by atoms with Gasteiger partial charge in [0.15, 0.2) is 0 Å². The Morgan fingerprint density at radius 2 is 1.68 bits per heavy atom. The van der Waals surface area contributed by atoms with Gasteiger partial charge in [-0.2, -0.15) is 5.10 Å². The Balaban J connectivity index is 1.45. The number of aromatic nitrogens is 3. The zero-order valence-electron chi connectivity index (χ0n) is 18.4. The lowest BCUT2D eigenvalue weighted by atomic mass is 10.0. The van der Waals surface area contributed by atoms with E-state index in [1.807, 2.05) is 98.1 Å². The van der Waals surface area contributed by atoms with Gasteiger partial charge in [-0.15, -0.1) is 0 Å². The predicted octanol–water partition coefficient (Wildman–Crippen LogP) is 6.71. The molecular weight excluding hydrogens is 444 g/mol. The van der Waals surface area contributed by atoms with Crippen molar-refractivity contribution in [2.75, 3.05) is 5.32 Å². The van der Waals surface area contributed by atoms with Crippen LogP contribution >= 0.6 is 11.6 Å². The van der Waals surface area contributed by atoms with E-state index >= 15 is 0 Å². The highest BCUT2D eigenvalue weighted by molar-refractivity contribution is 6.31. The highest BCUT2D eigenvalue weighted by Gasteiger charge is 2.15. The molecule has 3 aromatic carbocycles. The van der Waals surface area contributed by atoms with Crippen LogP contribution in [0.15, 0.2) is 91.1 Å². The van der Waals surface area contributed by atoms with Crippen LogP contribution < -0.4 is 5.32 Å². The molecule has 0 unspecified atom stereocenters. The fraction of sp³-hybridized carbons (Fsp3) is 0.0357. The molecule has 0 atom stereocenters. The number of aryl methyl sites for hydroxylation is 1. The lowest BCUT2D eigenvalue weighted by Gasteiger charge is -2.09. The second kappa shape index (κ2) is 9.33. The maximum atomic E-state index is 13.1. The third-order valence-corrected chi connectivity index (χ3v) is 5.99. The van der Waals surface area contributed by atoms with Crippen molar-refractivity contribution in [1.29, 1.82) is 0 Å². The molecule has 0 aliphatic heterocycles. The number of carbonyl (C=O) groups is 1. The van der Waals surface area contributed by atoms with Crippen LogP contribution in [0, 0.1) is 0 Å². The van der Waals surface area contributed by atoms with Gasteiger partial charge >= 0.3 is 0 Å². The third-order valence-electron chi connectivity index (χ3n) is 5.54. The van der Waals surface area contributed by atoms with Gasteiger partial charge in [-0.3, -0.25) is 14.5 Å². The first kappa shape index (κ1) is 21.6. The van der Waals surface area contributed by atoms with Crippen molar-refractivity contribution in [3.63, 3.8) is 0 Å². The fourth-order valence-corrected chi connectivity index (χ4v) is 4.03. The standard InChI is InChI=1S/C28H21ClN4O/c1-33-27(29)24(26(32-33)20-10-3-2-4-11-20)16-15-19-9-5-7-13-23(19)28(34)31-22-17-21-12-6-8-14-25(21)30-18-22/h2-18H,1H3,(H,31,34)/b16-15+. The maximum absolute atomic E-state index is 13.1. The van der Waals surface area contributed by atoms with E-state index < -0.39 is 0 Å². The number of para-hydroxylation sites is 1. The zero-order valence-corrected chi connectivity index (χ0v) is 19.2. The molecule has 0 saturated heterocycles. The van der Waals surface area contributed by atoms with Gasteiger partial charge < -0.3 is 5.32 Å². The predicted molar refractivity (Wildman–Crippen MR) is 139 cm³/mol. The second-order valence-electron chi connectivity index (χ2n) is 7.83. The molecule has 0 radical (unpaired) electrons. The number of hydrogen-bond donors (Lipinski definition) is 1. The summed E-state index contributed by atoms with van der Waals surface area (Å²) in [4.78, 5) is 17.6. The van der Waals surface area contributed by atoms with Gasteiger partial charge in [0.1, 0.15) is 10.8 Å². The van der Waals surface area contributed by atoms with Gasteiger partial charge in [0.2, 0.25) is 0 Å². The van der Waals surface area contributed by atoms with Crippen LogP contribution in [0.25, 0.3) is 34.3 Å². The molecule has 5 nitrogen and oxygen atoms in total. The molecule has 34 heavy (non-hydrogen) atoms. The monoisotopic (exact) mass is 464 g/mol. The van der Waals surface area contributed by atoms with Crippen LogP contribution in [0.1, 0.15) is 21.5 Å². The Morgan fingerprint density at radius 3 is 2.53 bits per heavy atom. The summed E-state index contributed by atoms with van der Waals surface area (Å²) in [7, 11) is 1.81. The van der Waals surface area contributed by atoms with E-state index in [4.69, 9.17) is 11.6 Å². The molecule has 5 aromatic rings. The Kier molecular flexibility index (Phi) is 5.93. The Hall–Kier alpha value is -4.22. The van der Waals surface area contributed by atoms with Crippen LogP contribution in [0.5, 0.6) is 0 Å². The van der Waals surface area contributed by atoms with Gasteiger partial charge in [0.05, 0.1) is 17.4 Å². The quantitative estimate of drug-likeness (QED) is 0.314. The average molecular weight is 465 g/mol. The summed E-state index contributed by atoms with van der Waals surface area (Å²) in [6, 6.07) is 27.0. The number of amides is 1. The highest BCUT2D eigenvalue weighted by Crippen LogP contribution is 2.30. The molecule has 0 spiro atoms. The lowest BCUT2D eigenvalue weighted by Crippen LogP contribution is -2.13. The highest BCUT2D eigenvalue weighted by atomic mass is 35.5. The summed E-state index contributed by atoms with van der Waals surface area (Å²) in [5.74, 6) is -0.210. The van der Waals surface area contributed by atoms with Crippen molar-refractivity contribution >= 4 is 46.3 Å². The summed E-state index contributed by atoms with van der Waals surface area (Å²) in [6.07, 6.45) is 5.46. The smallest absolute Gasteiger partial charge is 0.256 e. The van der Waals surface area contributed by atoms with Gasteiger partial charge in [-0.05, 0) is 29.8 Å². The van der Waals surface area contributed by atoms with Gasteiger partial charge in [0, 0.05) is 29.1 Å². The molecule has 2 aromatic heterocycles. The SMILES string of the molecule is Cn1nc(-c2ccccc2)c(/C=C/c2ccccc2C(=O)Nc2cnc3ccccc3c2)c1Cl. The number of pyridine rings is 1. The second-order valence-corrected chi connectivity index (χ2v) is 8.19. The minimum absolute atomic E-state index is 0.210. The van der Waals surface area contributed by atoms with Gasteiger partial charge in [-0.25, -0.2) is 0 Å². The first-order valence-corrected chi connectivity index (χ1v) is 11.2. The van der Waals surface area contributed by atoms with Gasteiger partial charge in [0.25, 0.3) is 5.91 Å². The van der Waals surface area contributed by atoms with Crippen molar-refractivity contribution in [1.82, 2.24) is 14.8 Å². The average Bonchev–Trinajstić information content (AvgIpc) is 3.16. The number of nitrogens with one attached hydrogen (secondary N) is 1. The summed E-state index contributed by atoms with van der Waals surface area (Å²) in [5, 5.41) is 9.03. The topological polar surface area (TPSA) is 59.8 Å². The van der Waals surface area contributed by atoms with Crippen molar-refractivity contribution in [2.45, 2.75) is 0 Å². The first-order chi connectivity index (χ1) is 16.6. The van der Waals surface area contributed by atoms with Crippen LogP contribution in [-0.2, 0) is 7.05 Å². The van der Waals surface area contributed by atoms with Gasteiger partial charge in [-0.1, -0.05) is 84.4 Å². The molecule has 0 fully saturated rings. The molecule has 2 heterocycles. The van der Waals surface area contributed by atoms with E-state index in [-0.39, 0.29) is 5.91 Å². The molecule has 1 amide bonds. The van der Waals surface area contributed by atoms with E-state index in [1.165, 1.54) is 0 Å². The van der Waals surface area contributed by atoms with Crippen molar-refractivity contribution < 1.29 is 4.79 Å². The largest absolute Gasteiger partial charge is 0.321 e. The number of carbonyl (C=O) groups excluding carboxylic acids is 1. The number of benzene rings is 3. The van der Waals surface area contributed by atoms with Crippen LogP contribution in [0.3, 0.4) is 0 Å². The number of rotatable bonds is 5. The maximum Gasteiger partial charge on any atom is 0.256 e. The molecule has 166 valence electrons. The van der Waals surface area contributed by atoms with Crippen LogP contribution in [0.2, 0.25) is 5.15 Å². The molecular formula is C28H21ClN4O. The number of halogens is 1. The van der Waals surface area contributed by atoms with Crippen LogP contribution in [-0.4, -0.2) is 20.7 Å². The Morgan fingerprint density at radius 1 is 0.941 bits per heavy atom. The zero-order chi connectivity index (χ0) is 23.5. The normalized spacial score (nSPS) is 11.2. The van der Waals surface area contributed by atoms with Crippen LogP contribution in [0.4, 0.5) is 5.69 Å². The summed E-state index contributed by atoms with van der Waals surface area (Å²) in [6.45, 7) is 0. The summed E-state index contributed by atoms with van der Waals surface area (Å²) >= 11 is 6.55. The number of fused-ring (bicyclic) bond motifs is 1. The molecule has 5 rings (SSSR count). The minimum atomic E-state index is -0.210. The van der Waals surface area contributed by atoms with E-state index in [1.54, 1.807) is 16.9 Å². The molecule has 6 heteroatoms. The van der Waals surface area contributed by atoms with Crippen molar-refractivity contribution in [3.05, 3.63) is 113 Å². The van der Waals surface area contributed by atoms with Crippen molar-refractivity contribution in [2.24, 2.45) is 7.05 Å². The summed E-state index contributed by atoms with van der Waals surface area (Å²) < 4.78 is 1.65. The molecule has 0 aliphatic rings. The minimum Gasteiger partial charge on any atom is -0.321 e. The lowest BCUT2D eigenvalue weighted by molar-refractivity contribution is 0.102. The first-order valence-electron chi connectivity index (χ1n) is 10.8.